The molecule has 0 aliphatic heterocycles. The molecule has 0 atom stereocenters. The molecule has 84 valence electrons. The first-order valence-electron chi connectivity index (χ1n) is 5.62. The van der Waals surface area contributed by atoms with Crippen molar-refractivity contribution >= 4 is 5.91 Å². The Morgan fingerprint density at radius 1 is 1.21 bits per heavy atom. The van der Waals surface area contributed by atoms with Crippen LogP contribution < -0.4 is 11.1 Å². The minimum atomic E-state index is -0.273. The Hall–Kier alpha value is -0.570. The van der Waals surface area contributed by atoms with Crippen molar-refractivity contribution in [3.63, 3.8) is 0 Å². The van der Waals surface area contributed by atoms with E-state index in [9.17, 15) is 4.79 Å². The minimum Gasteiger partial charge on any atom is -0.369 e. The maximum Gasteiger partial charge on any atom is 0.231 e. The van der Waals surface area contributed by atoms with E-state index in [0.29, 0.717) is 6.54 Å². The number of carbonyl (C=O) groups excluding carboxylic acids is 1. The lowest BCUT2D eigenvalue weighted by Crippen LogP contribution is -2.29. The number of hydrogen-bond acceptors (Lipinski definition) is 2. The highest BCUT2D eigenvalue weighted by Crippen LogP contribution is 2.08. The van der Waals surface area contributed by atoms with Crippen LogP contribution in [0.3, 0.4) is 0 Å². The first-order valence-corrected chi connectivity index (χ1v) is 5.62. The molecule has 0 fully saturated rings. The van der Waals surface area contributed by atoms with Crippen molar-refractivity contribution in [2.75, 3.05) is 13.1 Å². The zero-order valence-corrected chi connectivity index (χ0v) is 9.51. The molecular weight excluding hydrogens is 176 g/mol. The molecule has 0 aliphatic rings. The Labute approximate surface area is 87.4 Å². The van der Waals surface area contributed by atoms with Gasteiger partial charge in [0, 0.05) is 0 Å². The molecule has 0 bridgehead atoms. The van der Waals surface area contributed by atoms with Gasteiger partial charge in [-0.1, -0.05) is 39.5 Å². The second-order valence-electron chi connectivity index (χ2n) is 4.24. The van der Waals surface area contributed by atoms with Gasteiger partial charge in [-0.15, -0.1) is 0 Å². The second kappa shape index (κ2) is 9.00. The summed E-state index contributed by atoms with van der Waals surface area (Å²) in [4.78, 5) is 10.4. The van der Waals surface area contributed by atoms with Gasteiger partial charge < -0.3 is 11.1 Å². The maximum absolute atomic E-state index is 10.4. The SMILES string of the molecule is CC(C)CCCCCCNCC(N)=O. The Bertz CT molecular complexity index is 146. The molecule has 1 amide bonds. The van der Waals surface area contributed by atoms with E-state index in [1.54, 1.807) is 0 Å². The first kappa shape index (κ1) is 13.4. The second-order valence-corrected chi connectivity index (χ2v) is 4.24. The molecule has 0 saturated carbocycles. The number of nitrogens with one attached hydrogen (secondary N) is 1. The van der Waals surface area contributed by atoms with Crippen LogP contribution >= 0.6 is 0 Å². The zero-order chi connectivity index (χ0) is 10.8. The number of carbonyl (C=O) groups is 1. The van der Waals surface area contributed by atoms with Crippen LogP contribution in [0.1, 0.15) is 46.0 Å². The molecule has 0 aliphatic carbocycles. The highest BCUT2D eigenvalue weighted by atomic mass is 16.1. The van der Waals surface area contributed by atoms with Crippen molar-refractivity contribution in [2.24, 2.45) is 11.7 Å². The molecule has 0 aromatic carbocycles. The normalized spacial score (nSPS) is 10.8. The topological polar surface area (TPSA) is 55.1 Å². The number of rotatable bonds is 9. The van der Waals surface area contributed by atoms with E-state index in [4.69, 9.17) is 5.73 Å². The fraction of sp³-hybridized carbons (Fsp3) is 0.909. The highest BCUT2D eigenvalue weighted by molar-refractivity contribution is 5.75. The van der Waals surface area contributed by atoms with Crippen molar-refractivity contribution in [3.05, 3.63) is 0 Å². The molecule has 3 heteroatoms. The monoisotopic (exact) mass is 200 g/mol. The van der Waals surface area contributed by atoms with E-state index in [1.807, 2.05) is 0 Å². The summed E-state index contributed by atoms with van der Waals surface area (Å²) in [5.74, 6) is 0.549. The van der Waals surface area contributed by atoms with E-state index in [-0.39, 0.29) is 5.91 Å². The summed E-state index contributed by atoms with van der Waals surface area (Å²) in [6.07, 6.45) is 6.35. The third-order valence-electron chi connectivity index (χ3n) is 2.18. The maximum atomic E-state index is 10.4. The first-order chi connectivity index (χ1) is 6.63. The summed E-state index contributed by atoms with van der Waals surface area (Å²) >= 11 is 0. The molecule has 0 aromatic heterocycles. The average molecular weight is 200 g/mol. The van der Waals surface area contributed by atoms with Gasteiger partial charge in [-0.2, -0.15) is 0 Å². The molecule has 0 unspecified atom stereocenters. The van der Waals surface area contributed by atoms with E-state index in [2.05, 4.69) is 19.2 Å². The van der Waals surface area contributed by atoms with Crippen molar-refractivity contribution < 1.29 is 4.79 Å². The van der Waals surface area contributed by atoms with Gasteiger partial charge in [0.2, 0.25) is 5.91 Å². The van der Waals surface area contributed by atoms with Gasteiger partial charge in [-0.05, 0) is 18.9 Å². The van der Waals surface area contributed by atoms with Gasteiger partial charge in [-0.25, -0.2) is 0 Å². The van der Waals surface area contributed by atoms with Gasteiger partial charge in [0.25, 0.3) is 0 Å². The average Bonchev–Trinajstić information content (AvgIpc) is 2.08. The van der Waals surface area contributed by atoms with Gasteiger partial charge in [0.05, 0.1) is 6.54 Å². The molecule has 14 heavy (non-hydrogen) atoms. The van der Waals surface area contributed by atoms with E-state index < -0.39 is 0 Å². The van der Waals surface area contributed by atoms with Crippen LogP contribution in [0.2, 0.25) is 0 Å². The third-order valence-corrected chi connectivity index (χ3v) is 2.18. The lowest BCUT2D eigenvalue weighted by molar-refractivity contribution is -0.117. The molecule has 0 aromatic rings. The van der Waals surface area contributed by atoms with Gasteiger partial charge >= 0.3 is 0 Å². The third kappa shape index (κ3) is 11.4. The van der Waals surface area contributed by atoms with Crippen molar-refractivity contribution in [2.45, 2.75) is 46.0 Å². The summed E-state index contributed by atoms with van der Waals surface area (Å²) < 4.78 is 0. The van der Waals surface area contributed by atoms with Crippen LogP contribution in [0.25, 0.3) is 0 Å². The van der Waals surface area contributed by atoms with Crippen LogP contribution in [0, 0.1) is 5.92 Å². The van der Waals surface area contributed by atoms with Crippen molar-refractivity contribution in [3.8, 4) is 0 Å². The number of unbranched alkanes of at least 4 members (excludes halogenated alkanes) is 3. The molecule has 0 saturated heterocycles. The van der Waals surface area contributed by atoms with Crippen LogP contribution in [-0.4, -0.2) is 19.0 Å². The van der Waals surface area contributed by atoms with Gasteiger partial charge in [0.15, 0.2) is 0 Å². The summed E-state index contributed by atoms with van der Waals surface area (Å²) in [6.45, 7) is 5.74. The molecule has 0 rings (SSSR count). The molecule has 0 spiro atoms. The lowest BCUT2D eigenvalue weighted by Gasteiger charge is -2.04. The predicted octanol–water partition coefficient (Wildman–Crippen LogP) is 1.67. The molecule has 3 N–H and O–H groups in total. The largest absolute Gasteiger partial charge is 0.369 e. The van der Waals surface area contributed by atoms with E-state index >= 15 is 0 Å². The number of hydrogen-bond donors (Lipinski definition) is 2. The summed E-state index contributed by atoms with van der Waals surface area (Å²) in [7, 11) is 0. The molecule has 0 heterocycles. The summed E-state index contributed by atoms with van der Waals surface area (Å²) in [6, 6.07) is 0. The fourth-order valence-corrected chi connectivity index (χ4v) is 1.37. The highest BCUT2D eigenvalue weighted by Gasteiger charge is 1.95. The van der Waals surface area contributed by atoms with Crippen molar-refractivity contribution in [1.82, 2.24) is 5.32 Å². The Morgan fingerprint density at radius 2 is 1.86 bits per heavy atom. The van der Waals surface area contributed by atoms with Crippen molar-refractivity contribution in [1.29, 1.82) is 0 Å². The molecular formula is C11H24N2O. The van der Waals surface area contributed by atoms with Gasteiger partial charge in [0.1, 0.15) is 0 Å². The van der Waals surface area contributed by atoms with Crippen LogP contribution in [0.5, 0.6) is 0 Å². The van der Waals surface area contributed by atoms with Gasteiger partial charge in [-0.3, -0.25) is 4.79 Å². The Kier molecular flexibility index (Phi) is 8.64. The number of nitrogens with two attached hydrogens (primary N) is 1. The Balaban J connectivity index is 2.96. The van der Waals surface area contributed by atoms with Crippen LogP contribution in [0.4, 0.5) is 0 Å². The molecule has 3 nitrogen and oxygen atoms in total. The van der Waals surface area contributed by atoms with Crippen LogP contribution in [0.15, 0.2) is 0 Å². The smallest absolute Gasteiger partial charge is 0.231 e. The summed E-state index contributed by atoms with van der Waals surface area (Å²) in [5.41, 5.74) is 4.99. The number of amides is 1. The Morgan fingerprint density at radius 3 is 2.43 bits per heavy atom. The van der Waals surface area contributed by atoms with Crippen LogP contribution in [-0.2, 0) is 4.79 Å². The minimum absolute atomic E-state index is 0.273. The quantitative estimate of drug-likeness (QED) is 0.556. The van der Waals surface area contributed by atoms with E-state index in [1.165, 1.54) is 25.7 Å². The zero-order valence-electron chi connectivity index (χ0n) is 9.51. The number of primary amides is 1. The fourth-order valence-electron chi connectivity index (χ4n) is 1.37. The standard InChI is InChI=1S/C11H24N2O/c1-10(2)7-5-3-4-6-8-13-9-11(12)14/h10,13H,3-9H2,1-2H3,(H2,12,14). The summed E-state index contributed by atoms with van der Waals surface area (Å²) in [5, 5.41) is 3.01. The molecule has 0 radical (unpaired) electrons. The lowest BCUT2D eigenvalue weighted by atomic mass is 10.0. The van der Waals surface area contributed by atoms with E-state index in [0.717, 1.165) is 18.9 Å². The predicted molar refractivity (Wildman–Crippen MR) is 60.0 cm³/mol.